The van der Waals surface area contributed by atoms with Gasteiger partial charge in [-0.15, -0.1) is 0 Å². The van der Waals surface area contributed by atoms with Crippen LogP contribution < -0.4 is 4.90 Å². The third-order valence-electron chi connectivity index (χ3n) is 2.43. The van der Waals surface area contributed by atoms with Crippen LogP contribution in [0.2, 0.25) is 5.02 Å². The second-order valence-electron chi connectivity index (χ2n) is 3.49. The van der Waals surface area contributed by atoms with Crippen LogP contribution in [0.3, 0.4) is 0 Å². The maximum absolute atomic E-state index is 13.1. The van der Waals surface area contributed by atoms with E-state index in [1.165, 1.54) is 12.1 Å². The summed E-state index contributed by atoms with van der Waals surface area (Å²) in [6, 6.07) is 4.71. The van der Waals surface area contributed by atoms with Crippen LogP contribution >= 0.6 is 11.6 Å². The van der Waals surface area contributed by atoms with Crippen molar-refractivity contribution in [3.8, 4) is 0 Å². The average molecular weight is 216 g/mol. The molecule has 0 amide bonds. The molecule has 1 heterocycles. The van der Waals surface area contributed by atoms with Gasteiger partial charge in [-0.1, -0.05) is 11.6 Å². The molecule has 1 N–H and O–H groups in total. The maximum atomic E-state index is 13.1. The summed E-state index contributed by atoms with van der Waals surface area (Å²) in [5.41, 5.74) is 0.781. The molecule has 0 saturated carbocycles. The molecule has 2 nitrogen and oxygen atoms in total. The lowest BCUT2D eigenvalue weighted by molar-refractivity contribution is 0.198. The molecule has 0 aliphatic carbocycles. The van der Waals surface area contributed by atoms with Gasteiger partial charge in [0.25, 0.3) is 0 Å². The Bertz CT molecular complexity index is 345. The van der Waals surface area contributed by atoms with Gasteiger partial charge in [-0.2, -0.15) is 0 Å². The van der Waals surface area contributed by atoms with E-state index < -0.39 is 5.82 Å². The Kier molecular flexibility index (Phi) is 2.61. The summed E-state index contributed by atoms with van der Waals surface area (Å²) in [5.74, 6) is -0.412. The van der Waals surface area contributed by atoms with Gasteiger partial charge in [-0.05, 0) is 24.6 Å². The number of hydrogen-bond donors (Lipinski definition) is 1. The molecule has 0 radical (unpaired) electrons. The first-order chi connectivity index (χ1) is 6.66. The van der Waals surface area contributed by atoms with Crippen LogP contribution in [0.5, 0.6) is 0 Å². The zero-order valence-electron chi connectivity index (χ0n) is 7.58. The lowest BCUT2D eigenvalue weighted by atomic mass is 10.3. The third-order valence-corrected chi connectivity index (χ3v) is 2.74. The van der Waals surface area contributed by atoms with Crippen molar-refractivity contribution in [1.82, 2.24) is 0 Å². The Morgan fingerprint density at radius 3 is 2.86 bits per heavy atom. The molecule has 0 spiro atoms. The molecule has 14 heavy (non-hydrogen) atoms. The van der Waals surface area contributed by atoms with Crippen LogP contribution in [0.4, 0.5) is 10.1 Å². The molecule has 76 valence electrons. The SMILES string of the molecule is O[C@H]1CCN(c2ccc(Cl)c(F)c2)C1. The van der Waals surface area contributed by atoms with Crippen molar-refractivity contribution in [2.75, 3.05) is 18.0 Å². The van der Waals surface area contributed by atoms with E-state index >= 15 is 0 Å². The van der Waals surface area contributed by atoms with Gasteiger partial charge in [-0.25, -0.2) is 4.39 Å². The van der Waals surface area contributed by atoms with Gasteiger partial charge in [-0.3, -0.25) is 0 Å². The first-order valence-electron chi connectivity index (χ1n) is 4.55. The van der Waals surface area contributed by atoms with Gasteiger partial charge in [0.05, 0.1) is 11.1 Å². The largest absolute Gasteiger partial charge is 0.391 e. The standard InChI is InChI=1S/C10H11ClFNO/c11-9-2-1-7(5-10(9)12)13-4-3-8(14)6-13/h1-2,5,8,14H,3-4,6H2/t8-/m0/s1. The van der Waals surface area contributed by atoms with Crippen molar-refractivity contribution >= 4 is 17.3 Å². The van der Waals surface area contributed by atoms with E-state index in [1.54, 1.807) is 6.07 Å². The van der Waals surface area contributed by atoms with E-state index in [4.69, 9.17) is 11.6 Å². The summed E-state index contributed by atoms with van der Waals surface area (Å²) < 4.78 is 13.1. The van der Waals surface area contributed by atoms with Crippen molar-refractivity contribution in [3.63, 3.8) is 0 Å². The highest BCUT2D eigenvalue weighted by molar-refractivity contribution is 6.30. The van der Waals surface area contributed by atoms with Crippen LogP contribution in [0.25, 0.3) is 0 Å². The van der Waals surface area contributed by atoms with Gasteiger partial charge >= 0.3 is 0 Å². The molecule has 1 aromatic carbocycles. The molecule has 4 heteroatoms. The summed E-state index contributed by atoms with van der Waals surface area (Å²) in [5, 5.41) is 9.46. The second kappa shape index (κ2) is 3.75. The minimum atomic E-state index is -0.412. The van der Waals surface area contributed by atoms with Gasteiger partial charge in [0.2, 0.25) is 0 Å². The highest BCUT2D eigenvalue weighted by Crippen LogP contribution is 2.24. The number of nitrogens with zero attached hydrogens (tertiary/aromatic N) is 1. The zero-order chi connectivity index (χ0) is 10.1. The van der Waals surface area contributed by atoms with Crippen LogP contribution in [0.15, 0.2) is 18.2 Å². The topological polar surface area (TPSA) is 23.5 Å². The fourth-order valence-electron chi connectivity index (χ4n) is 1.66. The Hall–Kier alpha value is -0.800. The maximum Gasteiger partial charge on any atom is 0.143 e. The number of benzene rings is 1. The zero-order valence-corrected chi connectivity index (χ0v) is 8.34. The third kappa shape index (κ3) is 1.83. The molecule has 0 unspecified atom stereocenters. The van der Waals surface area contributed by atoms with E-state index in [0.717, 1.165) is 18.7 Å². The lowest BCUT2D eigenvalue weighted by Gasteiger charge is -2.17. The fraction of sp³-hybridized carbons (Fsp3) is 0.400. The van der Waals surface area contributed by atoms with Gasteiger partial charge < -0.3 is 10.0 Å². The van der Waals surface area contributed by atoms with Gasteiger partial charge in [0.1, 0.15) is 5.82 Å². The minimum absolute atomic E-state index is 0.133. The fourth-order valence-corrected chi connectivity index (χ4v) is 1.78. The lowest BCUT2D eigenvalue weighted by Crippen LogP contribution is -2.21. The predicted molar refractivity (Wildman–Crippen MR) is 54.2 cm³/mol. The molecular formula is C10H11ClFNO. The Morgan fingerprint density at radius 2 is 2.29 bits per heavy atom. The summed E-state index contributed by atoms with van der Waals surface area (Å²) >= 11 is 5.57. The Morgan fingerprint density at radius 1 is 1.50 bits per heavy atom. The summed E-state index contributed by atoms with van der Waals surface area (Å²) in [6.45, 7) is 1.34. The van der Waals surface area contributed by atoms with Gasteiger partial charge in [0, 0.05) is 18.8 Å². The normalized spacial score (nSPS) is 21.6. The predicted octanol–water partition coefficient (Wildman–Crippen LogP) is 2.05. The summed E-state index contributed by atoms with van der Waals surface area (Å²) in [7, 11) is 0. The minimum Gasteiger partial charge on any atom is -0.391 e. The smallest absolute Gasteiger partial charge is 0.143 e. The van der Waals surface area contributed by atoms with E-state index in [9.17, 15) is 9.50 Å². The van der Waals surface area contributed by atoms with Crippen molar-refractivity contribution in [1.29, 1.82) is 0 Å². The van der Waals surface area contributed by atoms with Crippen LogP contribution in [-0.2, 0) is 0 Å². The van der Waals surface area contributed by atoms with Crippen molar-refractivity contribution in [2.24, 2.45) is 0 Å². The first-order valence-corrected chi connectivity index (χ1v) is 4.92. The monoisotopic (exact) mass is 215 g/mol. The van der Waals surface area contributed by atoms with E-state index in [1.807, 2.05) is 4.90 Å². The number of hydrogen-bond acceptors (Lipinski definition) is 2. The quantitative estimate of drug-likeness (QED) is 0.775. The highest BCUT2D eigenvalue weighted by Gasteiger charge is 2.20. The molecule has 1 fully saturated rings. The number of aliphatic hydroxyl groups is 1. The molecule has 1 aliphatic rings. The molecule has 0 aromatic heterocycles. The summed E-state index contributed by atoms with van der Waals surface area (Å²) in [4.78, 5) is 1.95. The molecule has 1 aromatic rings. The molecule has 0 bridgehead atoms. The first kappa shape index (κ1) is 9.74. The van der Waals surface area contributed by atoms with E-state index in [2.05, 4.69) is 0 Å². The molecule has 1 saturated heterocycles. The number of anilines is 1. The summed E-state index contributed by atoms with van der Waals surface area (Å²) in [6.07, 6.45) is 0.443. The number of halogens is 2. The van der Waals surface area contributed by atoms with Crippen LogP contribution in [0, 0.1) is 5.82 Å². The highest BCUT2D eigenvalue weighted by atomic mass is 35.5. The van der Waals surface area contributed by atoms with Gasteiger partial charge in [0.15, 0.2) is 0 Å². The number of β-amino-alcohol motifs (C(OH)–C–C–N with tert-alkyl or cyclic N) is 1. The molecule has 1 atom stereocenters. The van der Waals surface area contributed by atoms with Crippen molar-refractivity contribution < 1.29 is 9.50 Å². The van der Waals surface area contributed by atoms with E-state index in [-0.39, 0.29) is 11.1 Å². The van der Waals surface area contributed by atoms with Crippen molar-refractivity contribution in [3.05, 3.63) is 29.0 Å². The van der Waals surface area contributed by atoms with Crippen LogP contribution in [-0.4, -0.2) is 24.3 Å². The molecule has 2 rings (SSSR count). The number of aliphatic hydroxyl groups excluding tert-OH is 1. The molecule has 1 aliphatic heterocycles. The Labute approximate surface area is 86.9 Å². The Balaban J connectivity index is 2.20. The second-order valence-corrected chi connectivity index (χ2v) is 3.89. The average Bonchev–Trinajstić information content (AvgIpc) is 2.57. The van der Waals surface area contributed by atoms with E-state index in [0.29, 0.717) is 6.54 Å². The molecular weight excluding hydrogens is 205 g/mol. The van der Waals surface area contributed by atoms with Crippen LogP contribution in [0.1, 0.15) is 6.42 Å². The number of rotatable bonds is 1. The van der Waals surface area contributed by atoms with Crippen molar-refractivity contribution in [2.45, 2.75) is 12.5 Å².